The van der Waals surface area contributed by atoms with Crippen LogP contribution in [0.1, 0.15) is 161 Å². The monoisotopic (exact) mass is 1300 g/mol. The number of aromatic hydroxyl groups is 2. The van der Waals surface area contributed by atoms with Crippen molar-refractivity contribution < 1.29 is 29.3 Å². The number of hydrogen-bond acceptors (Lipinski definition) is 10. The second kappa shape index (κ2) is 28.9. The first-order chi connectivity index (χ1) is 46.7. The molecule has 0 atom stereocenters. The zero-order valence-electron chi connectivity index (χ0n) is 58.5. The van der Waals surface area contributed by atoms with E-state index in [2.05, 4.69) is 211 Å². The van der Waals surface area contributed by atoms with Crippen LogP contribution in [0.15, 0.2) is 229 Å². The number of carbonyl (C=O) groups excluding carboxylic acids is 2. The highest BCUT2D eigenvalue weighted by Crippen LogP contribution is 2.45. The molecular formula is C86H90N6O6. The number of phenolic OH excluding ortho intramolecular Hbond substituents is 2. The van der Waals surface area contributed by atoms with Gasteiger partial charge in [-0.3, -0.25) is 9.59 Å². The first-order valence-corrected chi connectivity index (χ1v) is 33.7. The Bertz CT molecular complexity index is 4060. The predicted octanol–water partition coefficient (Wildman–Crippen LogP) is 19.0. The van der Waals surface area contributed by atoms with E-state index >= 15 is 0 Å². The van der Waals surface area contributed by atoms with Crippen LogP contribution in [0.4, 0.5) is 34.1 Å². The third-order valence-corrected chi connectivity index (χ3v) is 17.9. The van der Waals surface area contributed by atoms with Gasteiger partial charge in [0.05, 0.1) is 12.4 Å². The largest absolute Gasteiger partial charge is 0.507 e. The number of benzene rings is 10. The van der Waals surface area contributed by atoms with Crippen molar-refractivity contribution >= 4 is 58.4 Å². The Balaban J connectivity index is 0.927. The van der Waals surface area contributed by atoms with E-state index in [1.807, 2.05) is 121 Å². The summed E-state index contributed by atoms with van der Waals surface area (Å²) in [6.45, 7) is 25.2. The number of carbonyl (C=O) groups is 2. The Hall–Kier alpha value is -10.7. The summed E-state index contributed by atoms with van der Waals surface area (Å²) in [5.41, 5.74) is 21.4. The topological polar surface area (TPSA) is 148 Å². The van der Waals surface area contributed by atoms with E-state index in [9.17, 15) is 19.8 Å². The van der Waals surface area contributed by atoms with Crippen LogP contribution in [0.2, 0.25) is 0 Å². The van der Waals surface area contributed by atoms with Crippen LogP contribution in [0.3, 0.4) is 0 Å². The second-order valence-corrected chi connectivity index (χ2v) is 29.6. The minimum atomic E-state index is -0.466. The van der Waals surface area contributed by atoms with Gasteiger partial charge in [-0.1, -0.05) is 229 Å². The molecule has 0 aliphatic heterocycles. The summed E-state index contributed by atoms with van der Waals surface area (Å²) in [5.74, 6) is 0.266. The SMILES string of the molecule is CC(C)(C)c1cc2c(O)c(c1)Cc1cc(C(C)(C)C)cc(c1OCC(=O)N/N=C/c1ccc(N(c3ccccc3)c3ccccc3)cc1)Cc1cc(C(C)(C)C)cc(c1O)Cc1cc(C(C)(C)C)cc(c1OCC(=O)N/N=C/c1ccc(N(c3ccccc3)c3ccccc3)cc1)C2. The van der Waals surface area contributed by atoms with Crippen LogP contribution in [0.5, 0.6) is 23.0 Å². The predicted molar refractivity (Wildman–Crippen MR) is 400 cm³/mol. The van der Waals surface area contributed by atoms with E-state index in [4.69, 9.17) is 9.47 Å². The maximum absolute atomic E-state index is 14.1. The van der Waals surface area contributed by atoms with Gasteiger partial charge in [0.2, 0.25) is 0 Å². The standard InChI is InChI=1S/C86H90N6O6/c1-83(2,3)67-45-59-41-63-49-69(85(7,8)9)51-65(81(63)97-55-77(93)89-87-53-57-33-37-75(38-34-57)91(71-25-17-13-18-26-71)72-27-19-14-20-28-72)43-61-47-68(84(4,5)6)48-62(80(61)96)44-66-52-70(86(10,11)12)50-64(42-60(46-67)79(59)95)82(66)98-56-78(94)90-88-54-58-35-39-76(40-36-58)92(73-29-21-15-22-30-73)74-31-23-16-24-32-74/h13-40,45-54,95-96H,41-44,55-56H2,1-12H3,(H,89,93)(H,90,94)/b87-53+,88-54+. The number of phenols is 2. The number of hydrogen-bond donors (Lipinski definition) is 4. The summed E-state index contributed by atoms with van der Waals surface area (Å²) in [5, 5.41) is 34.6. The number of hydrazone groups is 2. The quantitative estimate of drug-likeness (QED) is 0.0552. The molecule has 0 fully saturated rings. The molecule has 4 N–H and O–H groups in total. The van der Waals surface area contributed by atoms with Crippen LogP contribution in [-0.2, 0) is 56.9 Å². The van der Waals surface area contributed by atoms with E-state index in [-0.39, 0.29) is 72.1 Å². The van der Waals surface area contributed by atoms with Gasteiger partial charge in [-0.15, -0.1) is 0 Å². The molecule has 1 aliphatic carbocycles. The maximum Gasteiger partial charge on any atom is 0.277 e. The molecule has 0 unspecified atom stereocenters. The molecule has 0 spiro atoms. The van der Waals surface area contributed by atoms with Crippen molar-refractivity contribution in [3.05, 3.63) is 296 Å². The molecule has 0 aromatic heterocycles. The average molecular weight is 1300 g/mol. The number of fused-ring (bicyclic) bond motifs is 8. The van der Waals surface area contributed by atoms with Crippen LogP contribution in [0, 0.1) is 0 Å². The zero-order valence-corrected chi connectivity index (χ0v) is 58.5. The van der Waals surface area contributed by atoms with Crippen molar-refractivity contribution in [3.8, 4) is 23.0 Å². The van der Waals surface area contributed by atoms with Gasteiger partial charge in [0.1, 0.15) is 23.0 Å². The fourth-order valence-electron chi connectivity index (χ4n) is 12.3. The smallest absolute Gasteiger partial charge is 0.277 e. The summed E-state index contributed by atoms with van der Waals surface area (Å²) >= 11 is 0. The van der Waals surface area contributed by atoms with Crippen LogP contribution in [0.25, 0.3) is 0 Å². The molecule has 0 radical (unpaired) electrons. The fraction of sp³-hybridized carbons (Fsp3) is 0.256. The summed E-state index contributed by atoms with van der Waals surface area (Å²) in [6.07, 6.45) is 4.16. The molecule has 12 nitrogen and oxygen atoms in total. The number of nitrogens with zero attached hydrogens (tertiary/aromatic N) is 4. The lowest BCUT2D eigenvalue weighted by atomic mass is 9.79. The van der Waals surface area contributed by atoms with Gasteiger partial charge < -0.3 is 29.5 Å². The Morgan fingerprint density at radius 1 is 0.357 bits per heavy atom. The van der Waals surface area contributed by atoms with Gasteiger partial charge in [-0.2, -0.15) is 10.2 Å². The van der Waals surface area contributed by atoms with Crippen LogP contribution < -0.4 is 30.1 Å². The molecule has 500 valence electrons. The summed E-state index contributed by atoms with van der Waals surface area (Å²) in [4.78, 5) is 32.5. The van der Waals surface area contributed by atoms with Crippen LogP contribution >= 0.6 is 0 Å². The zero-order chi connectivity index (χ0) is 69.5. The molecule has 98 heavy (non-hydrogen) atoms. The van der Waals surface area contributed by atoms with Crippen molar-refractivity contribution in [2.45, 2.75) is 130 Å². The first kappa shape index (κ1) is 68.7. The molecule has 0 saturated carbocycles. The minimum Gasteiger partial charge on any atom is -0.507 e. The summed E-state index contributed by atoms with van der Waals surface area (Å²) < 4.78 is 13.6. The molecule has 8 bridgehead atoms. The summed E-state index contributed by atoms with van der Waals surface area (Å²) in [6, 6.07) is 73.5. The molecule has 10 aromatic carbocycles. The van der Waals surface area contributed by atoms with E-state index < -0.39 is 11.8 Å². The van der Waals surface area contributed by atoms with Crippen molar-refractivity contribution in [3.63, 3.8) is 0 Å². The third-order valence-electron chi connectivity index (χ3n) is 17.9. The van der Waals surface area contributed by atoms with E-state index in [0.29, 0.717) is 33.8 Å². The lowest BCUT2D eigenvalue weighted by Crippen LogP contribution is -2.25. The van der Waals surface area contributed by atoms with Crippen molar-refractivity contribution in [1.29, 1.82) is 0 Å². The van der Waals surface area contributed by atoms with Gasteiger partial charge in [-0.05, 0) is 172 Å². The molecule has 2 amide bonds. The molecule has 0 heterocycles. The third kappa shape index (κ3) is 16.6. The Morgan fingerprint density at radius 2 is 0.582 bits per heavy atom. The number of amides is 2. The number of anilines is 6. The van der Waals surface area contributed by atoms with Gasteiger partial charge in [0.25, 0.3) is 11.8 Å². The number of para-hydroxylation sites is 4. The Labute approximate surface area is 578 Å². The lowest BCUT2D eigenvalue weighted by molar-refractivity contribution is -0.123. The molecule has 11 rings (SSSR count). The molecular weight excluding hydrogens is 1210 g/mol. The maximum atomic E-state index is 14.1. The van der Waals surface area contributed by atoms with Crippen LogP contribution in [-0.4, -0.2) is 47.7 Å². The van der Waals surface area contributed by atoms with E-state index in [1.165, 1.54) is 0 Å². The highest BCUT2D eigenvalue weighted by molar-refractivity contribution is 5.86. The molecule has 0 saturated heterocycles. The minimum absolute atomic E-state index is 0.117. The van der Waals surface area contributed by atoms with Crippen molar-refractivity contribution in [1.82, 2.24) is 10.9 Å². The number of ether oxygens (including phenoxy) is 2. The van der Waals surface area contributed by atoms with Crippen molar-refractivity contribution in [2.24, 2.45) is 10.2 Å². The molecule has 10 aromatic rings. The lowest BCUT2D eigenvalue weighted by Gasteiger charge is -2.28. The number of rotatable bonds is 16. The second-order valence-electron chi connectivity index (χ2n) is 29.6. The first-order valence-electron chi connectivity index (χ1n) is 33.7. The van der Waals surface area contributed by atoms with Gasteiger partial charge in [0.15, 0.2) is 13.2 Å². The fourth-order valence-corrected chi connectivity index (χ4v) is 12.3. The summed E-state index contributed by atoms with van der Waals surface area (Å²) in [7, 11) is 0. The number of nitrogens with one attached hydrogen (secondary N) is 2. The Kier molecular flexibility index (Phi) is 20.3. The highest BCUT2D eigenvalue weighted by atomic mass is 16.5. The van der Waals surface area contributed by atoms with Gasteiger partial charge in [0, 0.05) is 59.8 Å². The normalized spacial score (nSPS) is 12.7. The average Bonchev–Trinajstić information content (AvgIpc) is 0.768. The van der Waals surface area contributed by atoms with Gasteiger partial charge >= 0.3 is 0 Å². The Morgan fingerprint density at radius 3 is 0.816 bits per heavy atom. The molecule has 1 aliphatic rings. The highest BCUT2D eigenvalue weighted by Gasteiger charge is 2.30. The van der Waals surface area contributed by atoms with Crippen molar-refractivity contribution in [2.75, 3.05) is 23.0 Å². The van der Waals surface area contributed by atoms with E-state index in [0.717, 1.165) is 89.8 Å². The van der Waals surface area contributed by atoms with E-state index in [1.54, 1.807) is 12.4 Å². The van der Waals surface area contributed by atoms with Gasteiger partial charge in [-0.25, -0.2) is 10.9 Å². The molecule has 12 heteroatoms.